The molecule has 1 aromatic heterocycles. The minimum atomic E-state index is 0.139. The fourth-order valence-corrected chi connectivity index (χ4v) is 3.34. The van der Waals surface area contributed by atoms with Gasteiger partial charge in [-0.2, -0.15) is 0 Å². The van der Waals surface area contributed by atoms with Crippen LogP contribution >= 0.6 is 15.9 Å². The van der Waals surface area contributed by atoms with E-state index in [-0.39, 0.29) is 5.54 Å². The standard InChI is InChI=1S/C13H16BrN3/c1-13(6-2-3-7-13)17-11-8-9(14)4-5-10(11)16-12(17)15/h4-5,8H,2-3,6-7H2,1H3,(H2,15,16). The largest absolute Gasteiger partial charge is 0.369 e. The molecule has 1 heterocycles. The monoisotopic (exact) mass is 293 g/mol. The number of imidazole rings is 1. The van der Waals surface area contributed by atoms with E-state index in [0.717, 1.165) is 15.5 Å². The van der Waals surface area contributed by atoms with Crippen molar-refractivity contribution in [2.75, 3.05) is 5.73 Å². The highest BCUT2D eigenvalue weighted by Gasteiger charge is 2.33. The highest BCUT2D eigenvalue weighted by Crippen LogP contribution is 2.40. The van der Waals surface area contributed by atoms with Crippen molar-refractivity contribution in [2.45, 2.75) is 38.1 Å². The van der Waals surface area contributed by atoms with Crippen LogP contribution in [0.2, 0.25) is 0 Å². The number of halogens is 1. The molecular formula is C13H16BrN3. The molecule has 0 saturated heterocycles. The van der Waals surface area contributed by atoms with Crippen LogP contribution in [0.4, 0.5) is 5.95 Å². The molecular weight excluding hydrogens is 278 g/mol. The van der Waals surface area contributed by atoms with Crippen molar-refractivity contribution in [2.24, 2.45) is 0 Å². The average Bonchev–Trinajstić information content (AvgIpc) is 2.82. The number of fused-ring (bicyclic) bond motifs is 1. The van der Waals surface area contributed by atoms with Crippen molar-refractivity contribution in [3.05, 3.63) is 22.7 Å². The third kappa shape index (κ3) is 1.66. The van der Waals surface area contributed by atoms with Crippen LogP contribution in [0.3, 0.4) is 0 Å². The molecule has 0 spiro atoms. The number of hydrogen-bond acceptors (Lipinski definition) is 2. The number of nitrogen functional groups attached to an aromatic ring is 1. The molecule has 0 unspecified atom stereocenters. The van der Waals surface area contributed by atoms with Crippen molar-refractivity contribution < 1.29 is 0 Å². The van der Waals surface area contributed by atoms with E-state index in [4.69, 9.17) is 5.73 Å². The summed E-state index contributed by atoms with van der Waals surface area (Å²) in [7, 11) is 0. The summed E-state index contributed by atoms with van der Waals surface area (Å²) in [5.74, 6) is 0.641. The van der Waals surface area contributed by atoms with Gasteiger partial charge in [-0.25, -0.2) is 4.98 Å². The molecule has 0 bridgehead atoms. The van der Waals surface area contributed by atoms with Crippen LogP contribution in [0, 0.1) is 0 Å². The predicted octanol–water partition coefficient (Wildman–Crippen LogP) is 3.67. The van der Waals surface area contributed by atoms with Gasteiger partial charge in [-0.3, -0.25) is 0 Å². The lowest BCUT2D eigenvalue weighted by atomic mass is 10.00. The van der Waals surface area contributed by atoms with Crippen LogP contribution < -0.4 is 5.73 Å². The summed E-state index contributed by atoms with van der Waals surface area (Å²) in [6.45, 7) is 2.29. The summed E-state index contributed by atoms with van der Waals surface area (Å²) >= 11 is 3.52. The Bertz CT molecular complexity index is 567. The summed E-state index contributed by atoms with van der Waals surface area (Å²) in [6, 6.07) is 6.14. The molecule has 0 atom stereocenters. The molecule has 17 heavy (non-hydrogen) atoms. The average molecular weight is 294 g/mol. The van der Waals surface area contributed by atoms with Gasteiger partial charge in [-0.05, 0) is 38.0 Å². The van der Waals surface area contributed by atoms with Gasteiger partial charge in [0, 0.05) is 10.0 Å². The van der Waals surface area contributed by atoms with E-state index in [2.05, 4.69) is 38.5 Å². The summed E-state index contributed by atoms with van der Waals surface area (Å²) < 4.78 is 3.30. The van der Waals surface area contributed by atoms with Crippen LogP contribution in [-0.2, 0) is 5.54 Å². The van der Waals surface area contributed by atoms with Crippen LogP contribution in [0.25, 0.3) is 11.0 Å². The topological polar surface area (TPSA) is 43.8 Å². The number of hydrogen-bond donors (Lipinski definition) is 1. The van der Waals surface area contributed by atoms with E-state index in [9.17, 15) is 0 Å². The van der Waals surface area contributed by atoms with Crippen molar-refractivity contribution >= 4 is 32.9 Å². The van der Waals surface area contributed by atoms with Gasteiger partial charge < -0.3 is 10.3 Å². The highest BCUT2D eigenvalue weighted by molar-refractivity contribution is 9.10. The first-order valence-electron chi connectivity index (χ1n) is 6.04. The Morgan fingerprint density at radius 2 is 2.06 bits per heavy atom. The summed E-state index contributed by atoms with van der Waals surface area (Å²) in [4.78, 5) is 4.46. The lowest BCUT2D eigenvalue weighted by molar-refractivity contribution is 0.343. The van der Waals surface area contributed by atoms with Gasteiger partial charge in [-0.1, -0.05) is 28.8 Å². The Kier molecular flexibility index (Phi) is 2.43. The van der Waals surface area contributed by atoms with E-state index in [1.165, 1.54) is 25.7 Å². The lowest BCUT2D eigenvalue weighted by Gasteiger charge is -2.27. The molecule has 90 valence electrons. The highest BCUT2D eigenvalue weighted by atomic mass is 79.9. The summed E-state index contributed by atoms with van der Waals surface area (Å²) in [5, 5.41) is 0. The van der Waals surface area contributed by atoms with Crippen molar-refractivity contribution in [1.82, 2.24) is 9.55 Å². The van der Waals surface area contributed by atoms with Crippen LogP contribution in [0.1, 0.15) is 32.6 Å². The first kappa shape index (κ1) is 11.1. The minimum absolute atomic E-state index is 0.139. The van der Waals surface area contributed by atoms with Crippen molar-refractivity contribution in [1.29, 1.82) is 0 Å². The Morgan fingerprint density at radius 1 is 1.35 bits per heavy atom. The Balaban J connectivity index is 2.27. The first-order chi connectivity index (χ1) is 8.10. The van der Waals surface area contributed by atoms with Gasteiger partial charge in [0.15, 0.2) is 0 Å². The zero-order valence-electron chi connectivity index (χ0n) is 9.91. The van der Waals surface area contributed by atoms with Gasteiger partial charge in [0.05, 0.1) is 11.0 Å². The van der Waals surface area contributed by atoms with E-state index in [0.29, 0.717) is 5.95 Å². The van der Waals surface area contributed by atoms with Crippen molar-refractivity contribution in [3.63, 3.8) is 0 Å². The number of nitrogens with zero attached hydrogens (tertiary/aromatic N) is 2. The quantitative estimate of drug-likeness (QED) is 0.872. The molecule has 2 aromatic rings. The number of aromatic nitrogens is 2. The zero-order chi connectivity index (χ0) is 12.0. The minimum Gasteiger partial charge on any atom is -0.369 e. The predicted molar refractivity (Wildman–Crippen MR) is 74.0 cm³/mol. The maximum absolute atomic E-state index is 6.10. The molecule has 1 aliphatic carbocycles. The first-order valence-corrected chi connectivity index (χ1v) is 6.83. The SMILES string of the molecule is CC1(n2c(N)nc3ccc(Br)cc32)CCCC1. The second kappa shape index (κ2) is 3.73. The summed E-state index contributed by atoms with van der Waals surface area (Å²) in [6.07, 6.45) is 4.94. The number of rotatable bonds is 1. The molecule has 3 nitrogen and oxygen atoms in total. The van der Waals surface area contributed by atoms with Gasteiger partial charge in [-0.15, -0.1) is 0 Å². The normalized spacial score (nSPS) is 18.9. The van der Waals surface area contributed by atoms with Crippen LogP contribution in [0.5, 0.6) is 0 Å². The zero-order valence-corrected chi connectivity index (χ0v) is 11.5. The second-order valence-electron chi connectivity index (χ2n) is 5.14. The molecule has 1 fully saturated rings. The molecule has 0 amide bonds. The molecule has 1 saturated carbocycles. The number of nitrogens with two attached hydrogens (primary N) is 1. The maximum Gasteiger partial charge on any atom is 0.201 e. The van der Waals surface area contributed by atoms with E-state index < -0.39 is 0 Å². The molecule has 0 aliphatic heterocycles. The number of anilines is 1. The van der Waals surface area contributed by atoms with E-state index >= 15 is 0 Å². The summed E-state index contributed by atoms with van der Waals surface area (Å²) in [5.41, 5.74) is 8.37. The van der Waals surface area contributed by atoms with Gasteiger partial charge in [0.25, 0.3) is 0 Å². The third-order valence-corrected chi connectivity index (χ3v) is 4.36. The van der Waals surface area contributed by atoms with Crippen LogP contribution in [-0.4, -0.2) is 9.55 Å². The fourth-order valence-electron chi connectivity index (χ4n) is 2.99. The molecule has 3 rings (SSSR count). The molecule has 0 radical (unpaired) electrons. The second-order valence-corrected chi connectivity index (χ2v) is 6.06. The van der Waals surface area contributed by atoms with Gasteiger partial charge in [0.1, 0.15) is 0 Å². The Labute approximate surface area is 109 Å². The van der Waals surface area contributed by atoms with Crippen LogP contribution in [0.15, 0.2) is 22.7 Å². The fraction of sp³-hybridized carbons (Fsp3) is 0.462. The smallest absolute Gasteiger partial charge is 0.201 e. The molecule has 4 heteroatoms. The maximum atomic E-state index is 6.10. The molecule has 2 N–H and O–H groups in total. The lowest BCUT2D eigenvalue weighted by Crippen LogP contribution is -2.27. The number of benzene rings is 1. The van der Waals surface area contributed by atoms with Crippen molar-refractivity contribution in [3.8, 4) is 0 Å². The van der Waals surface area contributed by atoms with E-state index in [1.807, 2.05) is 12.1 Å². The third-order valence-electron chi connectivity index (χ3n) is 3.86. The van der Waals surface area contributed by atoms with E-state index in [1.54, 1.807) is 0 Å². The van der Waals surface area contributed by atoms with Gasteiger partial charge >= 0.3 is 0 Å². The molecule has 1 aliphatic rings. The Hall–Kier alpha value is -1.03. The van der Waals surface area contributed by atoms with Gasteiger partial charge in [0.2, 0.25) is 5.95 Å². The molecule has 1 aromatic carbocycles. The Morgan fingerprint density at radius 3 is 2.76 bits per heavy atom.